The highest BCUT2D eigenvalue weighted by atomic mass is 16.2. The maximum absolute atomic E-state index is 12.7. The minimum atomic E-state index is -0.229. The van der Waals surface area contributed by atoms with Gasteiger partial charge in [-0.25, -0.2) is 0 Å². The minimum Gasteiger partial charge on any atom is -0.358 e. The predicted molar refractivity (Wildman–Crippen MR) is 116 cm³/mol. The van der Waals surface area contributed by atoms with Crippen molar-refractivity contribution in [2.75, 3.05) is 17.2 Å². The molecule has 0 fully saturated rings. The van der Waals surface area contributed by atoms with E-state index in [1.165, 1.54) is 18.2 Å². The molecule has 0 atom stereocenters. The molecule has 4 rings (SSSR count). The van der Waals surface area contributed by atoms with Crippen molar-refractivity contribution in [1.29, 1.82) is 0 Å². The number of aromatic amines is 1. The monoisotopic (exact) mass is 404 g/mol. The fraction of sp³-hybridized carbons (Fsp3) is 0.261. The van der Waals surface area contributed by atoms with E-state index in [9.17, 15) is 14.4 Å². The Hall–Kier alpha value is -3.61. The lowest BCUT2D eigenvalue weighted by molar-refractivity contribution is -0.133. The zero-order chi connectivity index (χ0) is 21.1. The Morgan fingerprint density at radius 3 is 2.57 bits per heavy atom. The van der Waals surface area contributed by atoms with Gasteiger partial charge in [0.1, 0.15) is 0 Å². The minimum absolute atomic E-state index is 0.0203. The molecule has 1 aliphatic rings. The summed E-state index contributed by atoms with van der Waals surface area (Å²) in [7, 11) is 0. The Bertz CT molecular complexity index is 1120. The molecular formula is C23H24N4O3. The number of fused-ring (bicyclic) bond motifs is 3. The second kappa shape index (κ2) is 8.41. The molecule has 0 aliphatic carbocycles. The molecule has 0 spiro atoms. The third-order valence-electron chi connectivity index (χ3n) is 5.27. The number of hydrogen-bond acceptors (Lipinski definition) is 3. The number of aromatic nitrogens is 1. The molecule has 3 amide bonds. The molecule has 154 valence electrons. The van der Waals surface area contributed by atoms with Crippen LogP contribution in [0.5, 0.6) is 0 Å². The van der Waals surface area contributed by atoms with E-state index in [0.717, 1.165) is 17.3 Å². The van der Waals surface area contributed by atoms with Gasteiger partial charge >= 0.3 is 0 Å². The molecule has 3 aromatic rings. The first kappa shape index (κ1) is 19.7. The summed E-state index contributed by atoms with van der Waals surface area (Å²) in [6, 6.07) is 15.0. The van der Waals surface area contributed by atoms with Crippen LogP contribution >= 0.6 is 0 Å². The number of amides is 3. The number of carbonyl (C=O) groups excluding carboxylic acids is 3. The zero-order valence-corrected chi connectivity index (χ0v) is 16.8. The number of nitrogens with zero attached hydrogens (tertiary/aromatic N) is 1. The lowest BCUT2D eigenvalue weighted by Crippen LogP contribution is -2.36. The summed E-state index contributed by atoms with van der Waals surface area (Å²) >= 11 is 0. The van der Waals surface area contributed by atoms with Gasteiger partial charge in [0.25, 0.3) is 0 Å². The maximum atomic E-state index is 12.7. The second-order valence-electron chi connectivity index (χ2n) is 7.50. The van der Waals surface area contributed by atoms with Crippen molar-refractivity contribution < 1.29 is 14.4 Å². The molecule has 7 nitrogen and oxygen atoms in total. The molecule has 0 saturated carbocycles. The fourth-order valence-corrected chi connectivity index (χ4v) is 3.86. The summed E-state index contributed by atoms with van der Waals surface area (Å²) in [5, 5.41) is 6.61. The van der Waals surface area contributed by atoms with Gasteiger partial charge < -0.3 is 20.5 Å². The van der Waals surface area contributed by atoms with E-state index in [0.29, 0.717) is 24.5 Å². The molecule has 0 unspecified atom stereocenters. The van der Waals surface area contributed by atoms with Gasteiger partial charge in [0, 0.05) is 72.8 Å². The number of rotatable bonds is 5. The van der Waals surface area contributed by atoms with Gasteiger partial charge in [-0.3, -0.25) is 14.4 Å². The van der Waals surface area contributed by atoms with Crippen LogP contribution in [0.15, 0.2) is 48.5 Å². The van der Waals surface area contributed by atoms with Crippen molar-refractivity contribution in [2.45, 2.75) is 32.7 Å². The smallest absolute Gasteiger partial charge is 0.224 e. The van der Waals surface area contributed by atoms with Gasteiger partial charge in [0.15, 0.2) is 0 Å². The summed E-state index contributed by atoms with van der Waals surface area (Å²) in [4.78, 5) is 41.4. The fourth-order valence-electron chi connectivity index (χ4n) is 3.86. The standard InChI is InChI=1S/C23H24N4O3/c1-15(28)24-16-5-4-6-17(13-16)25-22(29)9-10-23(30)27-12-11-21-19(14-27)18-7-2-3-8-20(18)26-21/h2-8,13,26H,9-12,14H2,1H3,(H,24,28)(H,25,29). The Morgan fingerprint density at radius 2 is 1.77 bits per heavy atom. The van der Waals surface area contributed by atoms with Gasteiger partial charge in [-0.2, -0.15) is 0 Å². The van der Waals surface area contributed by atoms with E-state index in [1.807, 2.05) is 23.1 Å². The first-order chi connectivity index (χ1) is 14.5. The SMILES string of the molecule is CC(=O)Nc1cccc(NC(=O)CCC(=O)N2CCc3[nH]c4ccccc4c3C2)c1. The van der Waals surface area contributed by atoms with Crippen molar-refractivity contribution in [2.24, 2.45) is 0 Å². The van der Waals surface area contributed by atoms with Crippen molar-refractivity contribution in [3.8, 4) is 0 Å². The van der Waals surface area contributed by atoms with Gasteiger partial charge in [0.05, 0.1) is 0 Å². The number of hydrogen-bond donors (Lipinski definition) is 3. The zero-order valence-electron chi connectivity index (χ0n) is 16.8. The molecular weight excluding hydrogens is 380 g/mol. The Kier molecular flexibility index (Phi) is 5.52. The van der Waals surface area contributed by atoms with Crippen LogP contribution in [0.25, 0.3) is 10.9 Å². The number of carbonyl (C=O) groups is 3. The molecule has 1 aliphatic heterocycles. The van der Waals surface area contributed by atoms with Gasteiger partial charge in [-0.05, 0) is 24.3 Å². The van der Waals surface area contributed by atoms with Crippen LogP contribution < -0.4 is 10.6 Å². The van der Waals surface area contributed by atoms with Crippen LogP contribution in [-0.4, -0.2) is 34.2 Å². The molecule has 2 aromatic carbocycles. The van der Waals surface area contributed by atoms with Crippen LogP contribution in [0.2, 0.25) is 0 Å². The third-order valence-corrected chi connectivity index (χ3v) is 5.27. The lowest BCUT2D eigenvalue weighted by Gasteiger charge is -2.27. The molecule has 0 saturated heterocycles. The van der Waals surface area contributed by atoms with Crippen molar-refractivity contribution in [1.82, 2.24) is 9.88 Å². The summed E-state index contributed by atoms with van der Waals surface area (Å²) < 4.78 is 0. The van der Waals surface area contributed by atoms with E-state index in [1.54, 1.807) is 24.3 Å². The summed E-state index contributed by atoms with van der Waals surface area (Å²) in [6.45, 7) is 2.65. The highest BCUT2D eigenvalue weighted by Crippen LogP contribution is 2.28. The highest BCUT2D eigenvalue weighted by molar-refractivity contribution is 5.95. The van der Waals surface area contributed by atoms with Crippen LogP contribution in [0.1, 0.15) is 31.0 Å². The van der Waals surface area contributed by atoms with Gasteiger partial charge in [0.2, 0.25) is 17.7 Å². The van der Waals surface area contributed by atoms with Crippen LogP contribution in [0.3, 0.4) is 0 Å². The van der Waals surface area contributed by atoms with Crippen molar-refractivity contribution in [3.63, 3.8) is 0 Å². The first-order valence-electron chi connectivity index (χ1n) is 10.0. The molecule has 2 heterocycles. The van der Waals surface area contributed by atoms with Gasteiger partial charge in [-0.1, -0.05) is 24.3 Å². The summed E-state index contributed by atoms with van der Waals surface area (Å²) in [5.74, 6) is -0.426. The van der Waals surface area contributed by atoms with E-state index < -0.39 is 0 Å². The van der Waals surface area contributed by atoms with E-state index in [2.05, 4.69) is 21.7 Å². The van der Waals surface area contributed by atoms with E-state index in [-0.39, 0.29) is 30.6 Å². The average molecular weight is 404 g/mol. The summed E-state index contributed by atoms with van der Waals surface area (Å²) in [5.41, 5.74) is 4.65. The Balaban J connectivity index is 1.33. The highest BCUT2D eigenvalue weighted by Gasteiger charge is 2.24. The first-order valence-corrected chi connectivity index (χ1v) is 10.0. The second-order valence-corrected chi connectivity index (χ2v) is 7.50. The molecule has 0 radical (unpaired) electrons. The lowest BCUT2D eigenvalue weighted by atomic mass is 10.0. The van der Waals surface area contributed by atoms with E-state index >= 15 is 0 Å². The van der Waals surface area contributed by atoms with Crippen LogP contribution in [-0.2, 0) is 27.3 Å². The molecule has 0 bridgehead atoms. The maximum Gasteiger partial charge on any atom is 0.224 e. The topological polar surface area (TPSA) is 94.3 Å². The average Bonchev–Trinajstić information content (AvgIpc) is 3.09. The molecule has 3 N–H and O–H groups in total. The Morgan fingerprint density at radius 1 is 1.00 bits per heavy atom. The quantitative estimate of drug-likeness (QED) is 0.608. The summed E-state index contributed by atoms with van der Waals surface area (Å²) in [6.07, 6.45) is 1.06. The Labute approximate surface area is 174 Å². The number of anilines is 2. The van der Waals surface area contributed by atoms with Gasteiger partial charge in [-0.15, -0.1) is 0 Å². The largest absolute Gasteiger partial charge is 0.358 e. The third kappa shape index (κ3) is 4.35. The number of nitrogens with one attached hydrogen (secondary N) is 3. The van der Waals surface area contributed by atoms with Crippen molar-refractivity contribution >= 4 is 40.0 Å². The van der Waals surface area contributed by atoms with Crippen LogP contribution in [0, 0.1) is 0 Å². The van der Waals surface area contributed by atoms with E-state index in [4.69, 9.17) is 0 Å². The normalized spacial score (nSPS) is 13.0. The number of H-pyrrole nitrogens is 1. The number of benzene rings is 2. The number of para-hydroxylation sites is 1. The molecule has 30 heavy (non-hydrogen) atoms. The van der Waals surface area contributed by atoms with Crippen molar-refractivity contribution in [3.05, 3.63) is 59.8 Å². The van der Waals surface area contributed by atoms with Crippen LogP contribution in [0.4, 0.5) is 11.4 Å². The predicted octanol–water partition coefficient (Wildman–Crippen LogP) is 3.43. The molecule has 1 aromatic heterocycles. The molecule has 7 heteroatoms.